The Labute approximate surface area is 151 Å². The van der Waals surface area contributed by atoms with Crippen LogP contribution in [-0.2, 0) is 38.4 Å². The number of Topliss-reactive ketones (excluding diaryl/α,β-unsaturated/α-hetero) is 1. The van der Waals surface area contributed by atoms with Crippen LogP contribution < -0.4 is 5.32 Å². The first-order chi connectivity index (χ1) is 12.6. The monoisotopic (exact) mass is 354 g/mol. The van der Waals surface area contributed by atoms with Crippen LogP contribution in [0.3, 0.4) is 0 Å². The topological polar surface area (TPSA) is 88.3 Å². The second-order valence-electron chi connectivity index (χ2n) is 6.59. The van der Waals surface area contributed by atoms with Gasteiger partial charge in [0.2, 0.25) is 6.41 Å². The van der Waals surface area contributed by atoms with E-state index in [0.29, 0.717) is 0 Å². The molecule has 2 unspecified atom stereocenters. The maximum Gasteiger partial charge on any atom is 0.306 e. The van der Waals surface area contributed by atoms with E-state index in [2.05, 4.69) is 10.3 Å². The molecule has 0 spiro atoms. The van der Waals surface area contributed by atoms with Crippen LogP contribution in [0.25, 0.3) is 0 Å². The fourth-order valence-corrected chi connectivity index (χ4v) is 3.53. The van der Waals surface area contributed by atoms with Gasteiger partial charge < -0.3 is 15.0 Å². The minimum Gasteiger partial charge on any atom is -0.469 e. The number of benzene rings is 1. The zero-order valence-electron chi connectivity index (χ0n) is 14.7. The minimum atomic E-state index is -0.546. The molecule has 136 valence electrons. The Kier molecular flexibility index (Phi) is 5.51. The molecule has 0 saturated heterocycles. The number of carbonyl (C=O) groups is 3. The molecule has 6 nitrogen and oxygen atoms in total. The maximum atomic E-state index is 12.8. The molecular formula is C20H22N2O4. The highest BCUT2D eigenvalue weighted by Gasteiger charge is 2.26. The highest BCUT2D eigenvalue weighted by atomic mass is 16.5. The van der Waals surface area contributed by atoms with Gasteiger partial charge in [-0.3, -0.25) is 14.4 Å². The predicted octanol–water partition coefficient (Wildman–Crippen LogP) is 1.69. The number of H-pyrrole nitrogens is 1. The van der Waals surface area contributed by atoms with Gasteiger partial charge in [0.25, 0.3) is 0 Å². The Morgan fingerprint density at radius 3 is 2.81 bits per heavy atom. The van der Waals surface area contributed by atoms with Gasteiger partial charge in [0.1, 0.15) is 5.78 Å². The zero-order valence-corrected chi connectivity index (χ0v) is 14.7. The second kappa shape index (κ2) is 7.99. The number of ketones is 1. The Bertz CT molecular complexity index is 798. The number of esters is 1. The van der Waals surface area contributed by atoms with Crippen molar-refractivity contribution < 1.29 is 19.1 Å². The lowest BCUT2D eigenvalue weighted by Crippen LogP contribution is -2.27. The zero-order chi connectivity index (χ0) is 18.5. The van der Waals surface area contributed by atoms with Crippen LogP contribution in [0.15, 0.2) is 36.5 Å². The lowest BCUT2D eigenvalue weighted by molar-refractivity contribution is -0.142. The van der Waals surface area contributed by atoms with E-state index in [0.717, 1.165) is 30.5 Å². The first-order valence-electron chi connectivity index (χ1n) is 8.64. The van der Waals surface area contributed by atoms with E-state index in [1.807, 2.05) is 30.3 Å². The van der Waals surface area contributed by atoms with Gasteiger partial charge in [0.15, 0.2) is 0 Å². The molecule has 2 N–H and O–H groups in total. The molecule has 0 bridgehead atoms. The SMILES string of the molecule is COC(=O)CC(C(=O)Cc1ccc2c(c1)CC(NC=O)C2)c1ccc[nH]1. The van der Waals surface area contributed by atoms with Gasteiger partial charge in [-0.05, 0) is 41.7 Å². The van der Waals surface area contributed by atoms with Crippen molar-refractivity contribution in [1.29, 1.82) is 0 Å². The van der Waals surface area contributed by atoms with Crippen LogP contribution in [0.2, 0.25) is 0 Å². The first-order valence-corrected chi connectivity index (χ1v) is 8.64. The van der Waals surface area contributed by atoms with Gasteiger partial charge in [-0.25, -0.2) is 0 Å². The van der Waals surface area contributed by atoms with Crippen LogP contribution >= 0.6 is 0 Å². The van der Waals surface area contributed by atoms with Crippen molar-refractivity contribution in [3.8, 4) is 0 Å². The molecule has 6 heteroatoms. The molecule has 0 fully saturated rings. The quantitative estimate of drug-likeness (QED) is 0.558. The molecule has 0 aliphatic heterocycles. The number of hydrogen-bond donors (Lipinski definition) is 2. The number of rotatable bonds is 8. The lowest BCUT2D eigenvalue weighted by Gasteiger charge is -2.14. The number of methoxy groups -OCH3 is 1. The number of amides is 1. The molecule has 1 amide bonds. The number of aromatic nitrogens is 1. The van der Waals surface area contributed by atoms with Gasteiger partial charge in [-0.1, -0.05) is 18.2 Å². The Morgan fingerprint density at radius 2 is 2.12 bits per heavy atom. The summed E-state index contributed by atoms with van der Waals surface area (Å²) in [6.45, 7) is 0. The summed E-state index contributed by atoms with van der Waals surface area (Å²) in [5.74, 6) is -0.983. The van der Waals surface area contributed by atoms with E-state index in [4.69, 9.17) is 4.74 Å². The highest BCUT2D eigenvalue weighted by Crippen LogP contribution is 2.26. The van der Waals surface area contributed by atoms with Crippen molar-refractivity contribution in [2.45, 2.75) is 37.6 Å². The van der Waals surface area contributed by atoms with Crippen LogP contribution in [-0.4, -0.2) is 36.3 Å². The Hall–Kier alpha value is -2.89. The molecule has 1 heterocycles. The lowest BCUT2D eigenvalue weighted by atomic mass is 9.91. The molecule has 0 radical (unpaired) electrons. The number of aromatic amines is 1. The van der Waals surface area contributed by atoms with Gasteiger partial charge in [-0.15, -0.1) is 0 Å². The molecule has 1 aromatic heterocycles. The first kappa shape index (κ1) is 17.9. The summed E-state index contributed by atoms with van der Waals surface area (Å²) in [6.07, 6.45) is 4.33. The fourth-order valence-electron chi connectivity index (χ4n) is 3.53. The average Bonchev–Trinajstić information content (AvgIpc) is 3.28. The number of carbonyl (C=O) groups excluding carboxylic acids is 3. The Balaban J connectivity index is 1.73. The third kappa shape index (κ3) is 4.02. The summed E-state index contributed by atoms with van der Waals surface area (Å²) in [5, 5.41) is 2.81. The summed E-state index contributed by atoms with van der Waals surface area (Å²) in [6, 6.07) is 9.74. The molecule has 0 saturated carbocycles. The van der Waals surface area contributed by atoms with E-state index < -0.39 is 11.9 Å². The van der Waals surface area contributed by atoms with Crippen LogP contribution in [0, 0.1) is 0 Å². The van der Waals surface area contributed by atoms with Gasteiger partial charge >= 0.3 is 5.97 Å². The van der Waals surface area contributed by atoms with E-state index in [-0.39, 0.29) is 24.7 Å². The Morgan fingerprint density at radius 1 is 1.31 bits per heavy atom. The van der Waals surface area contributed by atoms with Crippen molar-refractivity contribution >= 4 is 18.2 Å². The van der Waals surface area contributed by atoms with Crippen molar-refractivity contribution in [3.63, 3.8) is 0 Å². The van der Waals surface area contributed by atoms with Crippen LogP contribution in [0.4, 0.5) is 0 Å². The highest BCUT2D eigenvalue weighted by molar-refractivity contribution is 5.90. The number of hydrogen-bond acceptors (Lipinski definition) is 4. The number of ether oxygens (including phenoxy) is 1. The molecule has 2 atom stereocenters. The molecule has 1 aromatic carbocycles. The van der Waals surface area contributed by atoms with Crippen LogP contribution in [0.5, 0.6) is 0 Å². The van der Waals surface area contributed by atoms with Crippen molar-refractivity contribution in [2.75, 3.05) is 7.11 Å². The minimum absolute atomic E-state index is 0.0200. The summed E-state index contributed by atoms with van der Waals surface area (Å²) in [5.41, 5.74) is 4.01. The van der Waals surface area contributed by atoms with E-state index >= 15 is 0 Å². The number of fused-ring (bicyclic) bond motifs is 1. The summed E-state index contributed by atoms with van der Waals surface area (Å²) >= 11 is 0. The third-order valence-corrected chi connectivity index (χ3v) is 4.87. The van der Waals surface area contributed by atoms with Crippen molar-refractivity contribution in [1.82, 2.24) is 10.3 Å². The fraction of sp³-hybridized carbons (Fsp3) is 0.350. The molecule has 1 aliphatic carbocycles. The molecule has 2 aromatic rings. The van der Waals surface area contributed by atoms with Gasteiger partial charge in [0, 0.05) is 24.4 Å². The third-order valence-electron chi connectivity index (χ3n) is 4.87. The van der Waals surface area contributed by atoms with Crippen molar-refractivity contribution in [3.05, 3.63) is 58.9 Å². The van der Waals surface area contributed by atoms with E-state index in [9.17, 15) is 14.4 Å². The molecule has 3 rings (SSSR count). The van der Waals surface area contributed by atoms with Gasteiger partial charge in [-0.2, -0.15) is 0 Å². The summed E-state index contributed by atoms with van der Waals surface area (Å²) < 4.78 is 4.73. The average molecular weight is 354 g/mol. The normalized spacial score (nSPS) is 16.6. The number of nitrogens with one attached hydrogen (secondary N) is 2. The van der Waals surface area contributed by atoms with E-state index in [1.54, 1.807) is 6.20 Å². The van der Waals surface area contributed by atoms with Crippen molar-refractivity contribution in [2.24, 2.45) is 0 Å². The largest absolute Gasteiger partial charge is 0.469 e. The van der Waals surface area contributed by atoms with E-state index in [1.165, 1.54) is 18.2 Å². The second-order valence-corrected chi connectivity index (χ2v) is 6.59. The van der Waals surface area contributed by atoms with Crippen LogP contribution in [0.1, 0.15) is 34.7 Å². The summed E-state index contributed by atoms with van der Waals surface area (Å²) in [4.78, 5) is 38.2. The molecule has 26 heavy (non-hydrogen) atoms. The molecular weight excluding hydrogens is 332 g/mol. The maximum absolute atomic E-state index is 12.8. The predicted molar refractivity (Wildman–Crippen MR) is 95.7 cm³/mol. The molecule has 1 aliphatic rings. The smallest absolute Gasteiger partial charge is 0.306 e. The standard InChI is InChI=1S/C20H22N2O4/c1-26-20(25)11-17(18-3-2-6-21-18)19(24)8-13-4-5-14-9-16(22-12-23)10-15(14)7-13/h2-7,12,16-17,21H,8-11H2,1H3,(H,22,23). The summed E-state index contributed by atoms with van der Waals surface area (Å²) in [7, 11) is 1.32. The van der Waals surface area contributed by atoms with Gasteiger partial charge in [0.05, 0.1) is 19.4 Å².